The van der Waals surface area contributed by atoms with Gasteiger partial charge in [0.25, 0.3) is 0 Å². The number of nitrogens with zero attached hydrogens (tertiary/aromatic N) is 1. The van der Waals surface area contributed by atoms with Crippen LogP contribution in [0.15, 0.2) is 102 Å². The van der Waals surface area contributed by atoms with E-state index < -0.39 is 28.0 Å². The van der Waals surface area contributed by atoms with Crippen LogP contribution in [0.5, 0.6) is 0 Å². The summed E-state index contributed by atoms with van der Waals surface area (Å²) < 4.78 is 29.4. The fourth-order valence-electron chi connectivity index (χ4n) is 5.07. The minimum absolute atomic E-state index is 0.0775. The highest BCUT2D eigenvalue weighted by atomic mass is 32.2. The quantitative estimate of drug-likeness (QED) is 0.304. The molecule has 0 spiro atoms. The molecule has 37 heavy (non-hydrogen) atoms. The molecule has 0 amide bonds. The van der Waals surface area contributed by atoms with Crippen molar-refractivity contribution >= 4 is 38.5 Å². The van der Waals surface area contributed by atoms with E-state index in [1.807, 2.05) is 79.7 Å². The average Bonchev–Trinajstić information content (AvgIpc) is 2.92. The van der Waals surface area contributed by atoms with E-state index in [2.05, 4.69) is 0 Å². The summed E-state index contributed by atoms with van der Waals surface area (Å²) in [6.07, 6.45) is 0.410. The fourth-order valence-corrected chi connectivity index (χ4v) is 8.07. The SMILES string of the molecule is Cc1ccc(S(=O)(=O)N2C[C@@H](C(=O)O)[C@H](SCc3ccccc3)C[C@H]2c2cccc3ccccc23)cc1. The van der Waals surface area contributed by atoms with Crippen LogP contribution in [0.25, 0.3) is 10.8 Å². The third kappa shape index (κ3) is 5.30. The van der Waals surface area contributed by atoms with Gasteiger partial charge in [0.05, 0.1) is 16.9 Å². The van der Waals surface area contributed by atoms with Gasteiger partial charge in [0.1, 0.15) is 0 Å². The number of carbonyl (C=O) groups is 1. The first-order valence-electron chi connectivity index (χ1n) is 12.3. The van der Waals surface area contributed by atoms with Crippen molar-refractivity contribution in [2.75, 3.05) is 6.54 Å². The maximum Gasteiger partial charge on any atom is 0.308 e. The Morgan fingerprint density at radius 1 is 0.919 bits per heavy atom. The zero-order chi connectivity index (χ0) is 26.0. The number of aliphatic carboxylic acids is 1. The first-order chi connectivity index (χ1) is 17.8. The summed E-state index contributed by atoms with van der Waals surface area (Å²) in [5.74, 6) is -1.12. The van der Waals surface area contributed by atoms with E-state index in [0.29, 0.717) is 12.2 Å². The van der Waals surface area contributed by atoms with Crippen LogP contribution in [0.3, 0.4) is 0 Å². The van der Waals surface area contributed by atoms with Crippen LogP contribution in [-0.4, -0.2) is 35.6 Å². The lowest BCUT2D eigenvalue weighted by atomic mass is 9.88. The number of piperidine rings is 1. The van der Waals surface area contributed by atoms with E-state index in [-0.39, 0.29) is 16.7 Å². The van der Waals surface area contributed by atoms with E-state index in [9.17, 15) is 18.3 Å². The van der Waals surface area contributed by atoms with Crippen LogP contribution in [0.4, 0.5) is 0 Å². The Morgan fingerprint density at radius 3 is 2.32 bits per heavy atom. The number of carboxylic acid groups (broad SMARTS) is 1. The van der Waals surface area contributed by atoms with Gasteiger partial charge in [-0.3, -0.25) is 4.79 Å². The zero-order valence-corrected chi connectivity index (χ0v) is 22.2. The van der Waals surface area contributed by atoms with Crippen LogP contribution in [0.2, 0.25) is 0 Å². The van der Waals surface area contributed by atoms with Gasteiger partial charge in [-0.2, -0.15) is 16.1 Å². The van der Waals surface area contributed by atoms with Crippen LogP contribution >= 0.6 is 11.8 Å². The Hall–Kier alpha value is -3.13. The number of carboxylic acids is 1. The molecule has 0 unspecified atom stereocenters. The molecular formula is C30H29NO4S2. The molecule has 1 heterocycles. The van der Waals surface area contributed by atoms with Crippen molar-refractivity contribution in [3.8, 4) is 0 Å². The van der Waals surface area contributed by atoms with Crippen molar-refractivity contribution in [1.82, 2.24) is 4.31 Å². The van der Waals surface area contributed by atoms with Gasteiger partial charge in [-0.05, 0) is 47.4 Å². The first kappa shape index (κ1) is 25.5. The maximum absolute atomic E-state index is 14.0. The third-order valence-corrected chi connectivity index (χ3v) is 10.4. The van der Waals surface area contributed by atoms with Gasteiger partial charge >= 0.3 is 5.97 Å². The minimum atomic E-state index is -3.94. The molecule has 1 fully saturated rings. The molecule has 0 bridgehead atoms. The first-order valence-corrected chi connectivity index (χ1v) is 14.8. The summed E-state index contributed by atoms with van der Waals surface area (Å²) in [5.41, 5.74) is 2.99. The van der Waals surface area contributed by atoms with Crippen molar-refractivity contribution < 1.29 is 18.3 Å². The molecular weight excluding hydrogens is 502 g/mol. The Kier molecular flexibility index (Phi) is 7.38. The van der Waals surface area contributed by atoms with Gasteiger partial charge in [-0.15, -0.1) is 0 Å². The number of sulfonamides is 1. The number of hydrogen-bond donors (Lipinski definition) is 1. The molecule has 1 N–H and O–H groups in total. The Balaban J connectivity index is 1.58. The van der Waals surface area contributed by atoms with E-state index in [0.717, 1.165) is 27.5 Å². The zero-order valence-electron chi connectivity index (χ0n) is 20.5. The number of hydrogen-bond acceptors (Lipinski definition) is 4. The summed E-state index contributed by atoms with van der Waals surface area (Å²) in [6, 6.07) is 30.1. The average molecular weight is 532 g/mol. The van der Waals surface area contributed by atoms with Crippen molar-refractivity contribution in [2.45, 2.75) is 35.3 Å². The van der Waals surface area contributed by atoms with Crippen molar-refractivity contribution in [2.24, 2.45) is 5.92 Å². The highest BCUT2D eigenvalue weighted by Crippen LogP contribution is 2.44. The highest BCUT2D eigenvalue weighted by Gasteiger charge is 2.45. The Bertz CT molecular complexity index is 1500. The van der Waals surface area contributed by atoms with Crippen molar-refractivity contribution in [3.05, 3.63) is 114 Å². The lowest BCUT2D eigenvalue weighted by molar-refractivity contribution is -0.143. The number of fused-ring (bicyclic) bond motifs is 1. The Labute approximate surface area is 222 Å². The van der Waals surface area contributed by atoms with E-state index in [1.165, 1.54) is 4.31 Å². The standard InChI is InChI=1S/C30H29NO4S2/c1-21-14-16-24(17-15-21)37(34,35)31-19-27(30(32)33)29(36-20-22-8-3-2-4-9-22)18-28(31)26-13-7-11-23-10-5-6-12-25(23)26/h2-17,27-29H,18-20H2,1H3,(H,32,33)/t27-,28+,29-/m1/s1. The van der Waals surface area contributed by atoms with E-state index in [1.54, 1.807) is 36.0 Å². The summed E-state index contributed by atoms with van der Waals surface area (Å²) in [7, 11) is -3.94. The van der Waals surface area contributed by atoms with Gasteiger partial charge < -0.3 is 5.11 Å². The summed E-state index contributed by atoms with van der Waals surface area (Å²) in [6.45, 7) is 1.83. The van der Waals surface area contributed by atoms with Gasteiger partial charge in [-0.25, -0.2) is 8.42 Å². The summed E-state index contributed by atoms with van der Waals surface area (Å²) in [4.78, 5) is 12.6. The van der Waals surface area contributed by atoms with Gasteiger partial charge in [0.2, 0.25) is 10.0 Å². The van der Waals surface area contributed by atoms with Gasteiger partial charge in [-0.1, -0.05) is 90.5 Å². The molecule has 7 heteroatoms. The molecule has 0 radical (unpaired) electrons. The predicted molar refractivity (Wildman–Crippen MR) is 149 cm³/mol. The normalized spacial score (nSPS) is 20.6. The molecule has 5 rings (SSSR count). The molecule has 1 aliphatic rings. The number of benzene rings is 4. The lowest BCUT2D eigenvalue weighted by Crippen LogP contribution is -2.49. The number of thioether (sulfide) groups is 1. The van der Waals surface area contributed by atoms with Crippen molar-refractivity contribution in [3.63, 3.8) is 0 Å². The third-order valence-electron chi connectivity index (χ3n) is 7.06. The second kappa shape index (κ2) is 10.7. The number of rotatable bonds is 7. The van der Waals surface area contributed by atoms with Crippen LogP contribution in [0.1, 0.15) is 29.2 Å². The number of aryl methyl sites for hydroxylation is 1. The van der Waals surface area contributed by atoms with Crippen molar-refractivity contribution in [1.29, 1.82) is 0 Å². The van der Waals surface area contributed by atoms with E-state index >= 15 is 0 Å². The molecule has 0 saturated carbocycles. The minimum Gasteiger partial charge on any atom is -0.481 e. The molecule has 0 aromatic heterocycles. The fraction of sp³-hybridized carbons (Fsp3) is 0.233. The van der Waals surface area contributed by atoms with Gasteiger partial charge in [0, 0.05) is 17.5 Å². The molecule has 4 aromatic rings. The van der Waals surface area contributed by atoms with Crippen LogP contribution < -0.4 is 0 Å². The Morgan fingerprint density at radius 2 is 1.59 bits per heavy atom. The maximum atomic E-state index is 14.0. The van der Waals surface area contributed by atoms with Crippen LogP contribution in [0, 0.1) is 12.8 Å². The van der Waals surface area contributed by atoms with Gasteiger partial charge in [0.15, 0.2) is 0 Å². The lowest BCUT2D eigenvalue weighted by Gasteiger charge is -2.42. The monoisotopic (exact) mass is 531 g/mol. The molecule has 4 aromatic carbocycles. The predicted octanol–water partition coefficient (Wildman–Crippen LogP) is 6.29. The largest absolute Gasteiger partial charge is 0.481 e. The molecule has 0 aliphatic carbocycles. The second-order valence-electron chi connectivity index (χ2n) is 9.49. The second-order valence-corrected chi connectivity index (χ2v) is 12.6. The summed E-state index contributed by atoms with van der Waals surface area (Å²) in [5, 5.41) is 12.0. The summed E-state index contributed by atoms with van der Waals surface area (Å²) >= 11 is 1.60. The smallest absolute Gasteiger partial charge is 0.308 e. The highest BCUT2D eigenvalue weighted by molar-refractivity contribution is 7.99. The molecule has 1 aliphatic heterocycles. The van der Waals surface area contributed by atoms with E-state index in [4.69, 9.17) is 0 Å². The molecule has 5 nitrogen and oxygen atoms in total. The molecule has 1 saturated heterocycles. The molecule has 3 atom stereocenters. The molecule has 190 valence electrons. The topological polar surface area (TPSA) is 74.7 Å². The van der Waals surface area contributed by atoms with Crippen LogP contribution in [-0.2, 0) is 20.6 Å².